The second kappa shape index (κ2) is 10.4. The van der Waals surface area contributed by atoms with Crippen LogP contribution in [-0.2, 0) is 13.0 Å². The highest BCUT2D eigenvalue weighted by Crippen LogP contribution is 2.10. The fourth-order valence-corrected chi connectivity index (χ4v) is 3.34. The van der Waals surface area contributed by atoms with Gasteiger partial charge in [-0.25, -0.2) is 9.67 Å². The predicted octanol–water partition coefficient (Wildman–Crippen LogP) is 3.51. The Balaban J connectivity index is 0.00000261. The fourth-order valence-electron chi connectivity index (χ4n) is 2.74. The number of hydrogen-bond acceptors (Lipinski definition) is 4. The summed E-state index contributed by atoms with van der Waals surface area (Å²) >= 11 is 1.68. The highest BCUT2D eigenvalue weighted by Gasteiger charge is 2.08. The number of thiazole rings is 1. The van der Waals surface area contributed by atoms with Crippen molar-refractivity contribution in [1.29, 1.82) is 0 Å². The van der Waals surface area contributed by atoms with E-state index in [4.69, 9.17) is 0 Å². The van der Waals surface area contributed by atoms with E-state index in [-0.39, 0.29) is 24.0 Å². The van der Waals surface area contributed by atoms with E-state index in [1.165, 1.54) is 5.56 Å². The van der Waals surface area contributed by atoms with Gasteiger partial charge in [-0.15, -0.1) is 35.3 Å². The Bertz CT molecular complexity index is 841. The van der Waals surface area contributed by atoms with Gasteiger partial charge in [0.1, 0.15) is 0 Å². The van der Waals surface area contributed by atoms with Gasteiger partial charge in [0.05, 0.1) is 22.9 Å². The van der Waals surface area contributed by atoms with Crippen molar-refractivity contribution >= 4 is 41.3 Å². The molecule has 0 amide bonds. The van der Waals surface area contributed by atoms with Crippen LogP contribution in [0.1, 0.15) is 16.3 Å². The van der Waals surface area contributed by atoms with E-state index in [1.807, 2.05) is 38.0 Å². The predicted molar refractivity (Wildman–Crippen MR) is 122 cm³/mol. The van der Waals surface area contributed by atoms with E-state index in [2.05, 4.69) is 54.9 Å². The van der Waals surface area contributed by atoms with E-state index in [0.29, 0.717) is 0 Å². The molecule has 1 N–H and O–H groups in total. The van der Waals surface area contributed by atoms with Crippen LogP contribution >= 0.6 is 35.3 Å². The maximum atomic E-state index is 4.51. The van der Waals surface area contributed by atoms with Crippen LogP contribution in [0.15, 0.2) is 53.1 Å². The van der Waals surface area contributed by atoms with Crippen molar-refractivity contribution in [3.8, 4) is 5.69 Å². The molecule has 0 radical (unpaired) electrons. The smallest absolute Gasteiger partial charge is 0.193 e. The minimum Gasteiger partial charge on any atom is -0.356 e. The van der Waals surface area contributed by atoms with Crippen molar-refractivity contribution in [3.05, 3.63) is 64.4 Å². The highest BCUT2D eigenvalue weighted by atomic mass is 127. The molecule has 0 saturated carbocycles. The lowest BCUT2D eigenvalue weighted by Gasteiger charge is -2.21. The Morgan fingerprint density at radius 1 is 1.30 bits per heavy atom. The van der Waals surface area contributed by atoms with Gasteiger partial charge in [0.15, 0.2) is 5.96 Å². The maximum Gasteiger partial charge on any atom is 0.193 e. The van der Waals surface area contributed by atoms with Crippen molar-refractivity contribution in [2.45, 2.75) is 19.9 Å². The second-order valence-electron chi connectivity index (χ2n) is 6.05. The number of rotatable bonds is 6. The number of benzene rings is 1. The molecule has 27 heavy (non-hydrogen) atoms. The summed E-state index contributed by atoms with van der Waals surface area (Å²) in [5, 5.41) is 10.9. The molecule has 144 valence electrons. The Morgan fingerprint density at radius 2 is 2.07 bits per heavy atom. The molecule has 0 aliphatic heterocycles. The number of aromatic nitrogens is 3. The third kappa shape index (κ3) is 6.03. The molecule has 0 bridgehead atoms. The van der Waals surface area contributed by atoms with Crippen LogP contribution in [0.3, 0.4) is 0 Å². The Kier molecular flexibility index (Phi) is 8.23. The molecule has 1 aromatic carbocycles. The molecule has 6 nitrogen and oxygen atoms in total. The monoisotopic (exact) mass is 496 g/mol. The average Bonchev–Trinajstić information content (AvgIpc) is 3.31. The van der Waals surface area contributed by atoms with E-state index < -0.39 is 0 Å². The van der Waals surface area contributed by atoms with Gasteiger partial charge in [0.25, 0.3) is 0 Å². The summed E-state index contributed by atoms with van der Waals surface area (Å²) in [7, 11) is 3.84. The quantitative estimate of drug-likeness (QED) is 0.323. The minimum atomic E-state index is 0. The fraction of sp³-hybridized carbons (Fsp3) is 0.316. The first-order valence-electron chi connectivity index (χ1n) is 8.57. The summed E-state index contributed by atoms with van der Waals surface area (Å²) in [5.41, 5.74) is 3.43. The Labute approximate surface area is 181 Å². The zero-order chi connectivity index (χ0) is 18.4. The third-order valence-electron chi connectivity index (χ3n) is 4.04. The molecule has 3 aromatic rings. The van der Waals surface area contributed by atoms with Crippen molar-refractivity contribution in [2.24, 2.45) is 4.99 Å². The van der Waals surface area contributed by atoms with Crippen molar-refractivity contribution < 1.29 is 0 Å². The number of halogens is 1. The topological polar surface area (TPSA) is 58.3 Å². The molecule has 3 rings (SSSR count). The molecular weight excluding hydrogens is 471 g/mol. The van der Waals surface area contributed by atoms with Crippen LogP contribution in [0.25, 0.3) is 5.69 Å². The first-order chi connectivity index (χ1) is 12.7. The lowest BCUT2D eigenvalue weighted by atomic mass is 10.1. The van der Waals surface area contributed by atoms with Gasteiger partial charge in [-0.1, -0.05) is 12.1 Å². The van der Waals surface area contributed by atoms with Gasteiger partial charge in [-0.2, -0.15) is 5.10 Å². The van der Waals surface area contributed by atoms with Gasteiger partial charge < -0.3 is 10.2 Å². The molecule has 0 fully saturated rings. The lowest BCUT2D eigenvalue weighted by molar-refractivity contribution is 0.471. The van der Waals surface area contributed by atoms with E-state index in [9.17, 15) is 0 Å². The number of hydrogen-bond donors (Lipinski definition) is 1. The van der Waals surface area contributed by atoms with Gasteiger partial charge in [0.2, 0.25) is 0 Å². The molecule has 0 spiro atoms. The molecule has 2 heterocycles. The Morgan fingerprint density at radius 3 is 2.67 bits per heavy atom. The normalized spacial score (nSPS) is 11.1. The average molecular weight is 496 g/mol. The second-order valence-corrected chi connectivity index (χ2v) is 7.12. The van der Waals surface area contributed by atoms with Crippen molar-refractivity contribution in [2.75, 3.05) is 20.6 Å². The molecule has 8 heteroatoms. The molecule has 0 unspecified atom stereocenters. The number of nitrogens with one attached hydrogen (secondary N) is 1. The molecule has 2 aromatic heterocycles. The molecule has 0 saturated heterocycles. The van der Waals surface area contributed by atoms with Crippen LogP contribution in [0.4, 0.5) is 0 Å². The van der Waals surface area contributed by atoms with E-state index >= 15 is 0 Å². The summed E-state index contributed by atoms with van der Waals surface area (Å²) in [6, 6.07) is 10.4. The molecule has 0 aliphatic rings. The van der Waals surface area contributed by atoms with Gasteiger partial charge in [-0.05, 0) is 37.1 Å². The number of aliphatic imine (C=N–C) groups is 1. The summed E-state index contributed by atoms with van der Waals surface area (Å²) in [6.45, 7) is 3.61. The maximum absolute atomic E-state index is 4.51. The van der Waals surface area contributed by atoms with E-state index in [0.717, 1.165) is 41.9 Å². The van der Waals surface area contributed by atoms with Crippen LogP contribution in [0.5, 0.6) is 0 Å². The van der Waals surface area contributed by atoms with E-state index in [1.54, 1.807) is 17.5 Å². The largest absolute Gasteiger partial charge is 0.356 e. The summed E-state index contributed by atoms with van der Waals surface area (Å²) in [4.78, 5) is 11.0. The SMILES string of the molecule is CN=C(NCCc1ccc(-n2cccn2)cc1)N(C)Cc1csc(C)n1.I. The molecular formula is C19H25IN6S. The lowest BCUT2D eigenvalue weighted by Crippen LogP contribution is -2.39. The first kappa shape index (κ1) is 21.4. The third-order valence-corrected chi connectivity index (χ3v) is 4.86. The van der Waals surface area contributed by atoms with Gasteiger partial charge in [0, 0.05) is 38.4 Å². The van der Waals surface area contributed by atoms with Gasteiger partial charge in [-0.3, -0.25) is 4.99 Å². The molecule has 0 atom stereocenters. The minimum absolute atomic E-state index is 0. The van der Waals surface area contributed by atoms with Gasteiger partial charge >= 0.3 is 0 Å². The summed E-state index contributed by atoms with van der Waals surface area (Å²) in [5.74, 6) is 0.879. The zero-order valence-electron chi connectivity index (χ0n) is 15.8. The summed E-state index contributed by atoms with van der Waals surface area (Å²) in [6.07, 6.45) is 4.66. The highest BCUT2D eigenvalue weighted by molar-refractivity contribution is 14.0. The molecule has 0 aliphatic carbocycles. The van der Waals surface area contributed by atoms with Crippen LogP contribution in [0, 0.1) is 6.92 Å². The summed E-state index contributed by atoms with van der Waals surface area (Å²) < 4.78 is 1.86. The van der Waals surface area contributed by atoms with Crippen LogP contribution in [-0.4, -0.2) is 46.3 Å². The Hall–Kier alpha value is -1.94. The van der Waals surface area contributed by atoms with Crippen LogP contribution < -0.4 is 5.32 Å². The van der Waals surface area contributed by atoms with Crippen molar-refractivity contribution in [3.63, 3.8) is 0 Å². The first-order valence-corrected chi connectivity index (χ1v) is 9.45. The van der Waals surface area contributed by atoms with Crippen LogP contribution in [0.2, 0.25) is 0 Å². The number of aryl methyl sites for hydroxylation is 1. The zero-order valence-corrected chi connectivity index (χ0v) is 18.9. The van der Waals surface area contributed by atoms with Crippen molar-refractivity contribution in [1.82, 2.24) is 25.0 Å². The number of guanidine groups is 1. The number of nitrogens with zero attached hydrogens (tertiary/aromatic N) is 5. The standard InChI is InChI=1S/C19H24N6S.HI/c1-15-23-17(14-26-15)13-24(3)19(20-2)21-11-9-16-5-7-18(8-6-16)25-12-4-10-22-25;/h4-8,10,12,14H,9,11,13H2,1-3H3,(H,20,21);1H.